The number of nitrogens with zero attached hydrogens (tertiary/aromatic N) is 1. The second-order valence-electron chi connectivity index (χ2n) is 5.55. The van der Waals surface area contributed by atoms with Crippen LogP contribution in [0.5, 0.6) is 0 Å². The van der Waals surface area contributed by atoms with Crippen molar-refractivity contribution in [2.45, 2.75) is 18.6 Å². The molecule has 3 heteroatoms. The number of nitrogens with one attached hydrogen (secondary N) is 1. The lowest BCUT2D eigenvalue weighted by atomic mass is 9.95. The van der Waals surface area contributed by atoms with Gasteiger partial charge in [-0.15, -0.1) is 0 Å². The minimum Gasteiger partial charge on any atom is -0.395 e. The van der Waals surface area contributed by atoms with E-state index in [4.69, 9.17) is 0 Å². The van der Waals surface area contributed by atoms with Crippen LogP contribution in [0.25, 0.3) is 0 Å². The Morgan fingerprint density at radius 3 is 2.33 bits per heavy atom. The highest BCUT2D eigenvalue weighted by Gasteiger charge is 2.31. The molecule has 1 aliphatic heterocycles. The van der Waals surface area contributed by atoms with Gasteiger partial charge in [0.05, 0.1) is 18.7 Å². The molecule has 2 N–H and O–H groups in total. The molecular formula is C18H22N2O. The zero-order chi connectivity index (χ0) is 14.5. The molecule has 0 bridgehead atoms. The van der Waals surface area contributed by atoms with Crippen molar-refractivity contribution in [3.05, 3.63) is 71.8 Å². The van der Waals surface area contributed by atoms with Gasteiger partial charge in [-0.1, -0.05) is 60.7 Å². The van der Waals surface area contributed by atoms with Crippen molar-refractivity contribution < 1.29 is 5.11 Å². The Morgan fingerprint density at radius 2 is 1.67 bits per heavy atom. The molecule has 1 aliphatic rings. The first kappa shape index (κ1) is 14.3. The first-order valence-corrected chi connectivity index (χ1v) is 7.55. The molecule has 110 valence electrons. The van der Waals surface area contributed by atoms with Gasteiger partial charge in [0.1, 0.15) is 0 Å². The molecule has 3 rings (SSSR count). The molecule has 0 radical (unpaired) electrons. The molecule has 0 spiro atoms. The summed E-state index contributed by atoms with van der Waals surface area (Å²) in [5, 5.41) is 13.4. The highest BCUT2D eigenvalue weighted by molar-refractivity contribution is 5.22. The standard InChI is InChI=1S/C18H22N2O/c21-14-17-18(16-9-5-2-6-10-16)19-11-12-20(17)13-15-7-3-1-4-8-15/h1-10,17-19,21H,11-14H2/t17-,18-/m1/s1. The average molecular weight is 282 g/mol. The third kappa shape index (κ3) is 3.32. The Hall–Kier alpha value is -1.68. The average Bonchev–Trinajstić information content (AvgIpc) is 2.56. The van der Waals surface area contributed by atoms with Crippen LogP contribution in [-0.2, 0) is 6.54 Å². The van der Waals surface area contributed by atoms with Crippen molar-refractivity contribution >= 4 is 0 Å². The summed E-state index contributed by atoms with van der Waals surface area (Å²) in [4.78, 5) is 2.38. The minimum atomic E-state index is 0.112. The first-order chi connectivity index (χ1) is 10.4. The van der Waals surface area contributed by atoms with Gasteiger partial charge >= 0.3 is 0 Å². The van der Waals surface area contributed by atoms with Crippen molar-refractivity contribution in [3.63, 3.8) is 0 Å². The van der Waals surface area contributed by atoms with Crippen LogP contribution in [0.15, 0.2) is 60.7 Å². The summed E-state index contributed by atoms with van der Waals surface area (Å²) < 4.78 is 0. The molecule has 2 aromatic carbocycles. The van der Waals surface area contributed by atoms with E-state index in [1.165, 1.54) is 11.1 Å². The summed E-state index contributed by atoms with van der Waals surface area (Å²) in [6.45, 7) is 2.96. The zero-order valence-electron chi connectivity index (χ0n) is 12.2. The van der Waals surface area contributed by atoms with Gasteiger partial charge in [0.2, 0.25) is 0 Å². The molecule has 1 saturated heterocycles. The molecule has 0 aromatic heterocycles. The van der Waals surface area contributed by atoms with Gasteiger partial charge in [-0.25, -0.2) is 0 Å². The fourth-order valence-electron chi connectivity index (χ4n) is 3.11. The summed E-state index contributed by atoms with van der Waals surface area (Å²) in [5.41, 5.74) is 2.54. The van der Waals surface area contributed by atoms with E-state index in [0.717, 1.165) is 19.6 Å². The predicted octanol–water partition coefficient (Wildman–Crippen LogP) is 2.19. The zero-order valence-corrected chi connectivity index (χ0v) is 12.2. The van der Waals surface area contributed by atoms with Crippen LogP contribution >= 0.6 is 0 Å². The Labute approximate surface area is 126 Å². The molecule has 0 saturated carbocycles. The number of rotatable bonds is 4. The van der Waals surface area contributed by atoms with Gasteiger partial charge in [-0.2, -0.15) is 0 Å². The monoisotopic (exact) mass is 282 g/mol. The molecule has 2 aromatic rings. The van der Waals surface area contributed by atoms with Crippen LogP contribution < -0.4 is 5.32 Å². The molecular weight excluding hydrogens is 260 g/mol. The summed E-state index contributed by atoms with van der Waals surface area (Å²) in [6, 6.07) is 21.2. The second kappa shape index (κ2) is 6.85. The molecule has 1 fully saturated rings. The van der Waals surface area contributed by atoms with E-state index in [1.807, 2.05) is 12.1 Å². The normalized spacial score (nSPS) is 23.1. The van der Waals surface area contributed by atoms with Gasteiger partial charge < -0.3 is 10.4 Å². The summed E-state index contributed by atoms with van der Waals surface area (Å²) >= 11 is 0. The largest absolute Gasteiger partial charge is 0.395 e. The van der Waals surface area contributed by atoms with Crippen LogP contribution in [0.3, 0.4) is 0 Å². The molecule has 0 aliphatic carbocycles. The lowest BCUT2D eigenvalue weighted by Crippen LogP contribution is -2.54. The predicted molar refractivity (Wildman–Crippen MR) is 84.9 cm³/mol. The smallest absolute Gasteiger partial charge is 0.0605 e. The SMILES string of the molecule is OC[C@@H]1[C@@H](c2ccccc2)NCCN1Cc1ccccc1. The molecule has 0 unspecified atom stereocenters. The highest BCUT2D eigenvalue weighted by Crippen LogP contribution is 2.25. The second-order valence-corrected chi connectivity index (χ2v) is 5.55. The number of piperazine rings is 1. The fraction of sp³-hybridized carbons (Fsp3) is 0.333. The Kier molecular flexibility index (Phi) is 4.65. The van der Waals surface area contributed by atoms with E-state index in [-0.39, 0.29) is 18.7 Å². The van der Waals surface area contributed by atoms with Crippen molar-refractivity contribution in [1.29, 1.82) is 0 Å². The maximum absolute atomic E-state index is 9.89. The third-order valence-corrected chi connectivity index (χ3v) is 4.19. The van der Waals surface area contributed by atoms with Gasteiger partial charge in [-0.3, -0.25) is 4.90 Å². The van der Waals surface area contributed by atoms with E-state index in [9.17, 15) is 5.11 Å². The van der Waals surface area contributed by atoms with E-state index in [1.54, 1.807) is 0 Å². The van der Waals surface area contributed by atoms with Gasteiger partial charge in [0, 0.05) is 19.6 Å². The van der Waals surface area contributed by atoms with E-state index in [0.29, 0.717) is 0 Å². The topological polar surface area (TPSA) is 35.5 Å². The Balaban J connectivity index is 1.78. The number of hydrogen-bond donors (Lipinski definition) is 2. The van der Waals surface area contributed by atoms with Crippen LogP contribution in [0.2, 0.25) is 0 Å². The van der Waals surface area contributed by atoms with Crippen LogP contribution in [0, 0.1) is 0 Å². The quantitative estimate of drug-likeness (QED) is 0.902. The van der Waals surface area contributed by atoms with Crippen molar-refractivity contribution in [2.24, 2.45) is 0 Å². The van der Waals surface area contributed by atoms with Crippen molar-refractivity contribution in [2.75, 3.05) is 19.7 Å². The van der Waals surface area contributed by atoms with Crippen molar-refractivity contribution in [3.8, 4) is 0 Å². The number of aliphatic hydroxyl groups excluding tert-OH is 1. The summed E-state index contributed by atoms with van der Waals surface area (Å²) in [5.74, 6) is 0. The fourth-order valence-corrected chi connectivity index (χ4v) is 3.11. The highest BCUT2D eigenvalue weighted by atomic mass is 16.3. The molecule has 0 amide bonds. The number of aliphatic hydroxyl groups is 1. The van der Waals surface area contributed by atoms with E-state index >= 15 is 0 Å². The van der Waals surface area contributed by atoms with E-state index in [2.05, 4.69) is 58.7 Å². The molecule has 21 heavy (non-hydrogen) atoms. The summed E-state index contributed by atoms with van der Waals surface area (Å²) in [7, 11) is 0. The maximum atomic E-state index is 9.89. The van der Waals surface area contributed by atoms with Crippen molar-refractivity contribution in [1.82, 2.24) is 10.2 Å². The summed E-state index contributed by atoms with van der Waals surface area (Å²) in [6.07, 6.45) is 0. The maximum Gasteiger partial charge on any atom is 0.0605 e. The lowest BCUT2D eigenvalue weighted by Gasteiger charge is -2.41. The van der Waals surface area contributed by atoms with Gasteiger partial charge in [0.15, 0.2) is 0 Å². The molecule has 1 heterocycles. The van der Waals surface area contributed by atoms with Crippen LogP contribution in [-0.4, -0.2) is 35.7 Å². The van der Waals surface area contributed by atoms with Crippen LogP contribution in [0.4, 0.5) is 0 Å². The first-order valence-electron chi connectivity index (χ1n) is 7.55. The van der Waals surface area contributed by atoms with E-state index < -0.39 is 0 Å². The number of hydrogen-bond acceptors (Lipinski definition) is 3. The van der Waals surface area contributed by atoms with Gasteiger partial charge in [0.25, 0.3) is 0 Å². The minimum absolute atomic E-state index is 0.112. The lowest BCUT2D eigenvalue weighted by molar-refractivity contribution is 0.0614. The number of benzene rings is 2. The third-order valence-electron chi connectivity index (χ3n) is 4.19. The van der Waals surface area contributed by atoms with Gasteiger partial charge in [-0.05, 0) is 11.1 Å². The molecule has 2 atom stereocenters. The van der Waals surface area contributed by atoms with Crippen LogP contribution in [0.1, 0.15) is 17.2 Å². The Bertz CT molecular complexity index is 544. The Morgan fingerprint density at radius 1 is 1.00 bits per heavy atom. The molecule has 3 nitrogen and oxygen atoms in total.